The molecule has 0 radical (unpaired) electrons. The van der Waals surface area contributed by atoms with Gasteiger partial charge >= 0.3 is 11.6 Å². The highest BCUT2D eigenvalue weighted by Crippen LogP contribution is 2.65. The van der Waals surface area contributed by atoms with Crippen LogP contribution in [-0.4, -0.2) is 18.7 Å². The Hall–Kier alpha value is -2.56. The molecule has 48 heavy (non-hydrogen) atoms. The van der Waals surface area contributed by atoms with E-state index in [0.29, 0.717) is 23.2 Å². The zero-order chi connectivity index (χ0) is 34.2. The molecule has 0 bridgehead atoms. The van der Waals surface area contributed by atoms with E-state index in [1.54, 1.807) is 6.07 Å². The first-order chi connectivity index (χ1) is 22.9. The molecule has 4 aliphatic rings. The first-order valence-corrected chi connectivity index (χ1v) is 19.5. The van der Waals surface area contributed by atoms with Gasteiger partial charge in [0.05, 0.1) is 0 Å². The Kier molecular flexibility index (Phi) is 10.5. The molecule has 0 unspecified atom stereocenters. The van der Waals surface area contributed by atoms with Crippen LogP contribution in [-0.2, 0) is 16.0 Å². The summed E-state index contributed by atoms with van der Waals surface area (Å²) < 4.78 is 17.4. The largest absolute Gasteiger partial charge is 0.482 e. The number of benzene rings is 1. The van der Waals surface area contributed by atoms with E-state index < -0.39 is 0 Å². The molecule has 3 saturated carbocycles. The fraction of sp³-hybridized carbons (Fsp3) is 0.721. The standard InChI is InChI=1S/C43H62O5/c1-8-10-35-29(5)34-17-15-32(24-39(34)48-41(35)45)46-26-40(44)47-33-19-22-43(7)31(23-33)14-16-36-37-18-13-30(28(4)12-9-11-27(2)3)25-42(37,6)21-20-38(36)43/h14-15,17,24,27-28,30,33,36-38H,8-13,16,18-23,25-26H2,1-7H3/t28-,30-,33+,36+,37-,38-,42+,43-/m0/s1. The number of hydrogen-bond donors (Lipinski definition) is 0. The van der Waals surface area contributed by atoms with Gasteiger partial charge in [-0.1, -0.05) is 78.9 Å². The Balaban J connectivity index is 1.03. The summed E-state index contributed by atoms with van der Waals surface area (Å²) in [7, 11) is 0. The molecular formula is C43H62O5. The fourth-order valence-corrected chi connectivity index (χ4v) is 11.0. The van der Waals surface area contributed by atoms with Crippen LogP contribution in [0.15, 0.2) is 39.1 Å². The second kappa shape index (κ2) is 14.4. The minimum absolute atomic E-state index is 0.0901. The molecule has 0 aliphatic heterocycles. The third kappa shape index (κ3) is 7.04. The lowest BCUT2D eigenvalue weighted by Crippen LogP contribution is -2.52. The predicted octanol–water partition coefficient (Wildman–Crippen LogP) is 10.8. The molecule has 3 fully saturated rings. The van der Waals surface area contributed by atoms with E-state index in [4.69, 9.17) is 13.9 Å². The van der Waals surface area contributed by atoms with Crippen molar-refractivity contribution in [1.82, 2.24) is 0 Å². The van der Waals surface area contributed by atoms with Crippen LogP contribution in [0.4, 0.5) is 0 Å². The van der Waals surface area contributed by atoms with Crippen LogP contribution in [0.25, 0.3) is 11.0 Å². The van der Waals surface area contributed by atoms with Crippen molar-refractivity contribution in [3.8, 4) is 5.75 Å². The van der Waals surface area contributed by atoms with Gasteiger partial charge in [-0.25, -0.2) is 9.59 Å². The van der Waals surface area contributed by atoms with Gasteiger partial charge in [0.2, 0.25) is 0 Å². The fourth-order valence-electron chi connectivity index (χ4n) is 11.0. The quantitative estimate of drug-likeness (QED) is 0.137. The van der Waals surface area contributed by atoms with Crippen molar-refractivity contribution < 1.29 is 18.7 Å². The molecule has 1 heterocycles. The Morgan fingerprint density at radius 3 is 2.62 bits per heavy atom. The first-order valence-electron chi connectivity index (χ1n) is 19.5. The molecule has 6 rings (SSSR count). The maximum atomic E-state index is 13.0. The number of hydrogen-bond acceptors (Lipinski definition) is 5. The summed E-state index contributed by atoms with van der Waals surface area (Å²) in [4.78, 5) is 25.5. The lowest BCUT2D eigenvalue weighted by atomic mass is 9.44. The number of fused-ring (bicyclic) bond motifs is 6. The summed E-state index contributed by atoms with van der Waals surface area (Å²) in [6.07, 6.45) is 19.3. The molecule has 4 aliphatic carbocycles. The van der Waals surface area contributed by atoms with Crippen LogP contribution in [0, 0.1) is 53.3 Å². The van der Waals surface area contributed by atoms with E-state index in [0.717, 1.165) is 77.7 Å². The van der Waals surface area contributed by atoms with E-state index in [2.05, 4.69) is 47.6 Å². The number of esters is 1. The summed E-state index contributed by atoms with van der Waals surface area (Å²) in [5.41, 5.74) is 4.14. The number of carbonyl (C=O) groups is 1. The highest BCUT2D eigenvalue weighted by Gasteiger charge is 2.56. The van der Waals surface area contributed by atoms with Crippen molar-refractivity contribution in [3.05, 3.63) is 51.4 Å². The molecule has 5 heteroatoms. The minimum atomic E-state index is -0.336. The smallest absolute Gasteiger partial charge is 0.344 e. The van der Waals surface area contributed by atoms with E-state index in [9.17, 15) is 9.59 Å². The Morgan fingerprint density at radius 1 is 1.04 bits per heavy atom. The monoisotopic (exact) mass is 658 g/mol. The van der Waals surface area contributed by atoms with Crippen LogP contribution < -0.4 is 10.4 Å². The van der Waals surface area contributed by atoms with E-state index in [1.165, 1.54) is 63.4 Å². The molecule has 0 spiro atoms. The Labute approximate surface area is 289 Å². The van der Waals surface area contributed by atoms with Crippen molar-refractivity contribution in [2.45, 2.75) is 144 Å². The third-order valence-corrected chi connectivity index (χ3v) is 13.8. The lowest BCUT2D eigenvalue weighted by molar-refractivity contribution is -0.154. The number of rotatable bonds is 11. The minimum Gasteiger partial charge on any atom is -0.482 e. The summed E-state index contributed by atoms with van der Waals surface area (Å²) in [6.45, 7) is 16.3. The van der Waals surface area contributed by atoms with Crippen molar-refractivity contribution in [1.29, 1.82) is 0 Å². The maximum Gasteiger partial charge on any atom is 0.344 e. The Morgan fingerprint density at radius 2 is 1.85 bits per heavy atom. The van der Waals surface area contributed by atoms with Crippen molar-refractivity contribution in [2.75, 3.05) is 6.61 Å². The van der Waals surface area contributed by atoms with Crippen molar-refractivity contribution in [2.24, 2.45) is 46.3 Å². The topological polar surface area (TPSA) is 65.7 Å². The summed E-state index contributed by atoms with van der Waals surface area (Å²) in [5.74, 6) is 5.15. The van der Waals surface area contributed by atoms with Crippen LogP contribution in [0.2, 0.25) is 0 Å². The molecule has 264 valence electrons. The van der Waals surface area contributed by atoms with Crippen molar-refractivity contribution in [3.63, 3.8) is 0 Å². The average molecular weight is 659 g/mol. The van der Waals surface area contributed by atoms with Gasteiger partial charge in [-0.3, -0.25) is 0 Å². The molecule has 0 saturated heterocycles. The Bertz CT molecular complexity index is 1550. The van der Waals surface area contributed by atoms with Crippen LogP contribution in [0.5, 0.6) is 5.75 Å². The summed E-state index contributed by atoms with van der Waals surface area (Å²) in [5, 5.41) is 0.901. The molecule has 1 aromatic heterocycles. The second-order valence-electron chi connectivity index (χ2n) is 17.3. The van der Waals surface area contributed by atoms with Crippen LogP contribution >= 0.6 is 0 Å². The molecular weight excluding hydrogens is 596 g/mol. The van der Waals surface area contributed by atoms with Gasteiger partial charge in [0.1, 0.15) is 17.4 Å². The molecule has 5 nitrogen and oxygen atoms in total. The second-order valence-corrected chi connectivity index (χ2v) is 17.3. The number of allylic oxidation sites excluding steroid dienone is 1. The third-order valence-electron chi connectivity index (χ3n) is 13.8. The highest BCUT2D eigenvalue weighted by molar-refractivity contribution is 5.82. The van der Waals surface area contributed by atoms with Crippen LogP contribution in [0.3, 0.4) is 0 Å². The van der Waals surface area contributed by atoms with Gasteiger partial charge in [0, 0.05) is 23.4 Å². The van der Waals surface area contributed by atoms with Gasteiger partial charge in [0.15, 0.2) is 6.61 Å². The summed E-state index contributed by atoms with van der Waals surface area (Å²) in [6, 6.07) is 5.45. The molecule has 0 N–H and O–H groups in total. The molecule has 0 amide bonds. The number of ether oxygens (including phenoxy) is 2. The van der Waals surface area contributed by atoms with Gasteiger partial charge in [-0.2, -0.15) is 0 Å². The van der Waals surface area contributed by atoms with Gasteiger partial charge in [-0.15, -0.1) is 0 Å². The normalized spacial score (nSPS) is 32.2. The maximum absolute atomic E-state index is 13.0. The van der Waals surface area contributed by atoms with E-state index >= 15 is 0 Å². The average Bonchev–Trinajstić information content (AvgIpc) is 3.04. The summed E-state index contributed by atoms with van der Waals surface area (Å²) >= 11 is 0. The molecule has 1 aromatic carbocycles. The lowest BCUT2D eigenvalue weighted by Gasteiger charge is -2.61. The number of aryl methyl sites for hydroxylation is 1. The van der Waals surface area contributed by atoms with Crippen molar-refractivity contribution >= 4 is 16.9 Å². The molecule has 2 aromatic rings. The highest BCUT2D eigenvalue weighted by atomic mass is 16.6. The first kappa shape index (κ1) is 35.3. The van der Waals surface area contributed by atoms with Gasteiger partial charge in [-0.05, 0) is 129 Å². The zero-order valence-corrected chi connectivity index (χ0v) is 31.0. The van der Waals surface area contributed by atoms with E-state index in [-0.39, 0.29) is 29.7 Å². The van der Waals surface area contributed by atoms with Gasteiger partial charge < -0.3 is 13.9 Å². The van der Waals surface area contributed by atoms with E-state index in [1.807, 2.05) is 19.1 Å². The number of carbonyl (C=O) groups excluding carboxylic acids is 1. The van der Waals surface area contributed by atoms with Gasteiger partial charge in [0.25, 0.3) is 0 Å². The molecule has 8 atom stereocenters. The SMILES string of the molecule is CCCc1c(C)c2ccc(OCC(=O)O[C@@H]3CC[C@@]4(C)C(=CC[C@@H]5[C@@H]6CC[C@H]([C@@H](C)CCCC(C)C)C[C@@]6(C)CC[C@@H]54)C3)cc2oc1=O. The zero-order valence-electron chi connectivity index (χ0n) is 31.0. The predicted molar refractivity (Wildman–Crippen MR) is 194 cm³/mol. The van der Waals surface area contributed by atoms with Crippen LogP contribution in [0.1, 0.15) is 136 Å².